The van der Waals surface area contributed by atoms with Gasteiger partial charge in [0.15, 0.2) is 5.65 Å². The molecule has 0 atom stereocenters. The van der Waals surface area contributed by atoms with E-state index in [0.29, 0.717) is 23.4 Å². The fourth-order valence-corrected chi connectivity index (χ4v) is 3.29. The fraction of sp³-hybridized carbons (Fsp3) is 0.300. The first-order chi connectivity index (χ1) is 12.5. The number of pyridine rings is 1. The minimum atomic E-state index is -0.518. The summed E-state index contributed by atoms with van der Waals surface area (Å²) in [4.78, 5) is 16.3. The van der Waals surface area contributed by atoms with Crippen LogP contribution in [0.15, 0.2) is 30.5 Å². The molecule has 0 bridgehead atoms. The standard InChI is InChI=1S/C20H24N4O2/c1-4-14-7-5-6-12(2)16(14)9-22-17-8-15(19(21)26)10-24-18(11-25)13(3)23-20(17)24/h5-8,10,22,25H,4,9,11H2,1-3H3,(H2,21,26). The average Bonchev–Trinajstić information content (AvgIpc) is 2.95. The Bertz CT molecular complexity index is 976. The lowest BCUT2D eigenvalue weighted by Gasteiger charge is -2.15. The molecule has 136 valence electrons. The summed E-state index contributed by atoms with van der Waals surface area (Å²) in [6, 6.07) is 8.00. The van der Waals surface area contributed by atoms with E-state index in [1.807, 2.05) is 6.92 Å². The third kappa shape index (κ3) is 3.15. The number of benzene rings is 1. The number of hydrogen-bond acceptors (Lipinski definition) is 4. The zero-order valence-corrected chi connectivity index (χ0v) is 15.3. The maximum absolute atomic E-state index is 11.7. The number of primary amides is 1. The van der Waals surface area contributed by atoms with Gasteiger partial charge in [0, 0.05) is 12.7 Å². The Kier molecular flexibility index (Phi) is 4.95. The van der Waals surface area contributed by atoms with Crippen LogP contribution in [0.25, 0.3) is 5.65 Å². The van der Waals surface area contributed by atoms with E-state index in [1.165, 1.54) is 16.7 Å². The molecular formula is C20H24N4O2. The summed E-state index contributed by atoms with van der Waals surface area (Å²) in [5.74, 6) is -0.518. The zero-order valence-electron chi connectivity index (χ0n) is 15.3. The number of amides is 1. The monoisotopic (exact) mass is 352 g/mol. The summed E-state index contributed by atoms with van der Waals surface area (Å²) in [6.07, 6.45) is 2.58. The van der Waals surface area contributed by atoms with Crippen LogP contribution in [0, 0.1) is 13.8 Å². The highest BCUT2D eigenvalue weighted by atomic mass is 16.3. The summed E-state index contributed by atoms with van der Waals surface area (Å²) >= 11 is 0. The van der Waals surface area contributed by atoms with E-state index in [2.05, 4.69) is 42.3 Å². The number of hydrogen-bond donors (Lipinski definition) is 3. The van der Waals surface area contributed by atoms with Gasteiger partial charge in [0.1, 0.15) is 0 Å². The van der Waals surface area contributed by atoms with Crippen molar-refractivity contribution in [3.05, 3.63) is 64.1 Å². The smallest absolute Gasteiger partial charge is 0.250 e. The summed E-state index contributed by atoms with van der Waals surface area (Å²) in [5.41, 5.74) is 12.4. The molecule has 2 heterocycles. The third-order valence-corrected chi connectivity index (χ3v) is 4.80. The number of nitrogens with one attached hydrogen (secondary N) is 1. The Morgan fingerprint density at radius 3 is 2.77 bits per heavy atom. The Balaban J connectivity index is 2.06. The van der Waals surface area contributed by atoms with Gasteiger partial charge < -0.3 is 16.2 Å². The van der Waals surface area contributed by atoms with Crippen molar-refractivity contribution in [1.29, 1.82) is 0 Å². The minimum Gasteiger partial charge on any atom is -0.390 e. The molecule has 0 spiro atoms. The SMILES string of the molecule is CCc1cccc(C)c1CNc1cc(C(N)=O)cn2c(CO)c(C)nc12. The summed E-state index contributed by atoms with van der Waals surface area (Å²) in [5, 5.41) is 13.0. The molecule has 26 heavy (non-hydrogen) atoms. The lowest BCUT2D eigenvalue weighted by molar-refractivity contribution is 0.1000. The molecule has 0 radical (unpaired) electrons. The second-order valence-electron chi connectivity index (χ2n) is 6.42. The molecule has 1 amide bonds. The molecule has 0 unspecified atom stereocenters. The number of carbonyl (C=O) groups excluding carboxylic acids is 1. The van der Waals surface area contributed by atoms with Crippen molar-refractivity contribution < 1.29 is 9.90 Å². The Morgan fingerprint density at radius 1 is 1.35 bits per heavy atom. The van der Waals surface area contributed by atoms with Gasteiger partial charge in [-0.25, -0.2) is 4.98 Å². The van der Waals surface area contributed by atoms with Gasteiger partial charge in [-0.15, -0.1) is 0 Å². The van der Waals surface area contributed by atoms with Gasteiger partial charge in [-0.3, -0.25) is 9.20 Å². The highest BCUT2D eigenvalue weighted by Gasteiger charge is 2.15. The van der Waals surface area contributed by atoms with Crippen LogP contribution in [0.3, 0.4) is 0 Å². The molecule has 6 heteroatoms. The van der Waals surface area contributed by atoms with Crippen LogP contribution in [-0.4, -0.2) is 20.4 Å². The molecule has 3 aromatic rings. The van der Waals surface area contributed by atoms with Crippen LogP contribution >= 0.6 is 0 Å². The number of aromatic nitrogens is 2. The molecular weight excluding hydrogens is 328 g/mol. The van der Waals surface area contributed by atoms with Gasteiger partial charge in [0.05, 0.1) is 29.2 Å². The molecule has 6 nitrogen and oxygen atoms in total. The van der Waals surface area contributed by atoms with E-state index in [-0.39, 0.29) is 6.61 Å². The van der Waals surface area contributed by atoms with E-state index in [9.17, 15) is 9.90 Å². The van der Waals surface area contributed by atoms with Crippen molar-refractivity contribution in [2.24, 2.45) is 5.73 Å². The van der Waals surface area contributed by atoms with Crippen LogP contribution in [0.4, 0.5) is 5.69 Å². The van der Waals surface area contributed by atoms with Crippen LogP contribution < -0.4 is 11.1 Å². The largest absolute Gasteiger partial charge is 0.390 e. The number of aryl methyl sites for hydroxylation is 3. The molecule has 3 rings (SSSR count). The Morgan fingerprint density at radius 2 is 2.12 bits per heavy atom. The van der Waals surface area contributed by atoms with Gasteiger partial charge in [-0.2, -0.15) is 0 Å². The molecule has 0 aliphatic rings. The van der Waals surface area contributed by atoms with Crippen molar-refractivity contribution in [1.82, 2.24) is 9.38 Å². The third-order valence-electron chi connectivity index (χ3n) is 4.80. The number of nitrogens with zero attached hydrogens (tertiary/aromatic N) is 2. The van der Waals surface area contributed by atoms with Crippen LogP contribution in [-0.2, 0) is 19.6 Å². The first-order valence-corrected chi connectivity index (χ1v) is 8.69. The summed E-state index contributed by atoms with van der Waals surface area (Å²) < 4.78 is 1.73. The van der Waals surface area contributed by atoms with Gasteiger partial charge in [-0.1, -0.05) is 25.1 Å². The topological polar surface area (TPSA) is 92.7 Å². The summed E-state index contributed by atoms with van der Waals surface area (Å²) in [6.45, 7) is 6.52. The maximum Gasteiger partial charge on any atom is 0.250 e. The molecule has 0 saturated carbocycles. The number of imidazole rings is 1. The van der Waals surface area contributed by atoms with Crippen LogP contribution in [0.2, 0.25) is 0 Å². The maximum atomic E-state index is 11.7. The fourth-order valence-electron chi connectivity index (χ4n) is 3.29. The van der Waals surface area contributed by atoms with Gasteiger partial charge in [-0.05, 0) is 43.0 Å². The molecule has 0 aliphatic heterocycles. The van der Waals surface area contributed by atoms with Gasteiger partial charge in [0.2, 0.25) is 5.91 Å². The Hall–Kier alpha value is -2.86. The van der Waals surface area contributed by atoms with E-state index in [1.54, 1.807) is 16.7 Å². The molecule has 0 saturated heterocycles. The molecule has 2 aromatic heterocycles. The van der Waals surface area contributed by atoms with Crippen LogP contribution in [0.1, 0.15) is 45.4 Å². The Labute approximate surface area is 152 Å². The van der Waals surface area contributed by atoms with E-state index in [0.717, 1.165) is 17.8 Å². The lowest BCUT2D eigenvalue weighted by Crippen LogP contribution is -2.14. The quantitative estimate of drug-likeness (QED) is 0.636. The normalized spacial score (nSPS) is 11.1. The average molecular weight is 352 g/mol. The zero-order chi connectivity index (χ0) is 18.8. The van der Waals surface area contributed by atoms with Crippen molar-refractivity contribution in [2.75, 3.05) is 5.32 Å². The van der Waals surface area contributed by atoms with Crippen molar-refractivity contribution in [3.63, 3.8) is 0 Å². The second kappa shape index (κ2) is 7.17. The number of nitrogens with two attached hydrogens (primary N) is 1. The number of aliphatic hydroxyl groups is 1. The number of fused-ring (bicyclic) bond motifs is 1. The van der Waals surface area contributed by atoms with E-state index < -0.39 is 5.91 Å². The molecule has 0 aliphatic carbocycles. The molecule has 4 N–H and O–H groups in total. The summed E-state index contributed by atoms with van der Waals surface area (Å²) in [7, 11) is 0. The van der Waals surface area contributed by atoms with Gasteiger partial charge in [0.25, 0.3) is 0 Å². The predicted octanol–water partition coefficient (Wildman–Crippen LogP) is 2.72. The molecule has 0 fully saturated rings. The second-order valence-corrected chi connectivity index (χ2v) is 6.42. The van der Waals surface area contributed by atoms with Crippen molar-refractivity contribution >= 4 is 17.2 Å². The van der Waals surface area contributed by atoms with Gasteiger partial charge >= 0.3 is 0 Å². The lowest BCUT2D eigenvalue weighted by atomic mass is 10.00. The molecule has 1 aromatic carbocycles. The first kappa shape index (κ1) is 17.9. The van der Waals surface area contributed by atoms with E-state index in [4.69, 9.17) is 5.73 Å². The number of rotatable bonds is 6. The predicted molar refractivity (Wildman–Crippen MR) is 102 cm³/mol. The van der Waals surface area contributed by atoms with Crippen molar-refractivity contribution in [3.8, 4) is 0 Å². The van der Waals surface area contributed by atoms with Crippen LogP contribution in [0.5, 0.6) is 0 Å². The highest BCUT2D eigenvalue weighted by Crippen LogP contribution is 2.24. The number of anilines is 1. The minimum absolute atomic E-state index is 0.160. The highest BCUT2D eigenvalue weighted by molar-refractivity contribution is 5.94. The van der Waals surface area contributed by atoms with E-state index >= 15 is 0 Å². The first-order valence-electron chi connectivity index (χ1n) is 8.69. The number of aliphatic hydroxyl groups excluding tert-OH is 1. The van der Waals surface area contributed by atoms with Crippen molar-refractivity contribution in [2.45, 2.75) is 40.3 Å². The number of carbonyl (C=O) groups is 1.